The Labute approximate surface area is 160 Å². The fourth-order valence-electron chi connectivity index (χ4n) is 4.22. The van der Waals surface area contributed by atoms with Gasteiger partial charge in [0.2, 0.25) is 0 Å². The van der Waals surface area contributed by atoms with Crippen molar-refractivity contribution >= 4 is 11.7 Å². The average Bonchev–Trinajstić information content (AvgIpc) is 2.99. The molecule has 5 nitrogen and oxygen atoms in total. The predicted octanol–water partition coefficient (Wildman–Crippen LogP) is 4.57. The number of benzene rings is 2. The van der Waals surface area contributed by atoms with E-state index in [1.54, 1.807) is 0 Å². The minimum absolute atomic E-state index is 0.00966. The van der Waals surface area contributed by atoms with Crippen molar-refractivity contribution < 1.29 is 9.53 Å². The molecule has 0 aliphatic carbocycles. The van der Waals surface area contributed by atoms with Gasteiger partial charge in [0.05, 0.1) is 5.69 Å². The molecule has 0 spiro atoms. The number of rotatable bonds is 4. The highest BCUT2D eigenvalue weighted by atomic mass is 16.5. The van der Waals surface area contributed by atoms with E-state index in [0.717, 1.165) is 44.6 Å². The predicted molar refractivity (Wildman–Crippen MR) is 107 cm³/mol. The lowest BCUT2D eigenvalue weighted by atomic mass is 10.1. The van der Waals surface area contributed by atoms with Crippen LogP contribution in [0.1, 0.15) is 26.2 Å². The van der Waals surface area contributed by atoms with Gasteiger partial charge in [-0.2, -0.15) is 0 Å². The number of anilines is 1. The van der Waals surface area contributed by atoms with Crippen LogP contribution in [0.4, 0.5) is 10.5 Å². The monoisotopic (exact) mass is 365 g/mol. The summed E-state index contributed by atoms with van der Waals surface area (Å²) in [5.74, 6) is 1.42. The molecule has 2 aliphatic heterocycles. The normalized spacial score (nSPS) is 22.3. The van der Waals surface area contributed by atoms with Crippen LogP contribution in [0, 0.1) is 0 Å². The summed E-state index contributed by atoms with van der Waals surface area (Å²) in [6, 6.07) is 17.9. The second-order valence-corrected chi connectivity index (χ2v) is 7.32. The van der Waals surface area contributed by atoms with Gasteiger partial charge in [0, 0.05) is 25.2 Å². The summed E-state index contributed by atoms with van der Waals surface area (Å²) >= 11 is 0. The molecular formula is C22H27N3O2. The fraction of sp³-hybridized carbons (Fsp3) is 0.409. The Morgan fingerprint density at radius 1 is 1.04 bits per heavy atom. The van der Waals surface area contributed by atoms with E-state index >= 15 is 0 Å². The van der Waals surface area contributed by atoms with E-state index in [9.17, 15) is 4.79 Å². The van der Waals surface area contributed by atoms with Gasteiger partial charge in [-0.1, -0.05) is 37.3 Å². The number of para-hydroxylation sites is 3. The van der Waals surface area contributed by atoms with E-state index in [0.29, 0.717) is 23.5 Å². The molecule has 0 saturated carbocycles. The Hall–Kier alpha value is -2.53. The lowest BCUT2D eigenvalue weighted by molar-refractivity contribution is 0.184. The molecule has 2 saturated heterocycles. The first-order valence-corrected chi connectivity index (χ1v) is 9.88. The molecule has 2 aromatic carbocycles. The second-order valence-electron chi connectivity index (χ2n) is 7.32. The molecule has 2 fully saturated rings. The molecule has 2 heterocycles. The molecule has 2 unspecified atom stereocenters. The Balaban J connectivity index is 1.50. The fourth-order valence-corrected chi connectivity index (χ4v) is 4.22. The Bertz CT molecular complexity index is 780. The van der Waals surface area contributed by atoms with Crippen LogP contribution in [0.2, 0.25) is 0 Å². The molecule has 0 aromatic heterocycles. The van der Waals surface area contributed by atoms with Crippen molar-refractivity contribution in [3.05, 3.63) is 54.6 Å². The second kappa shape index (κ2) is 8.01. The quantitative estimate of drug-likeness (QED) is 0.863. The minimum Gasteiger partial charge on any atom is -0.455 e. The van der Waals surface area contributed by atoms with Gasteiger partial charge in [-0.05, 0) is 50.1 Å². The molecule has 2 amide bonds. The number of likely N-dealkylation sites (tertiary alicyclic amines) is 1. The van der Waals surface area contributed by atoms with Crippen molar-refractivity contribution in [2.45, 2.75) is 38.3 Å². The standard InChI is InChI=1S/C22H27N3O2/c1-2-24-15-14-17-12-13-18(16-24)25(17)22(26)23-20-10-6-7-11-21(20)27-19-8-4-3-5-9-19/h3-11,17-18H,2,12-16H2,1H3,(H,23,26). The minimum atomic E-state index is -0.00966. The highest BCUT2D eigenvalue weighted by Crippen LogP contribution is 2.33. The van der Waals surface area contributed by atoms with Crippen molar-refractivity contribution in [2.75, 3.05) is 25.0 Å². The molecule has 1 N–H and O–H groups in total. The van der Waals surface area contributed by atoms with Crippen molar-refractivity contribution in [1.82, 2.24) is 9.80 Å². The van der Waals surface area contributed by atoms with Crippen LogP contribution in [0.25, 0.3) is 0 Å². The summed E-state index contributed by atoms with van der Waals surface area (Å²) < 4.78 is 5.98. The van der Waals surface area contributed by atoms with Crippen molar-refractivity contribution in [3.63, 3.8) is 0 Å². The number of hydrogen-bond acceptors (Lipinski definition) is 3. The molecule has 142 valence electrons. The highest BCUT2D eigenvalue weighted by molar-refractivity contribution is 5.91. The molecule has 2 atom stereocenters. The van der Waals surface area contributed by atoms with E-state index in [4.69, 9.17) is 4.74 Å². The van der Waals surface area contributed by atoms with Crippen LogP contribution >= 0.6 is 0 Å². The number of hydrogen-bond donors (Lipinski definition) is 1. The van der Waals surface area contributed by atoms with E-state index in [1.807, 2.05) is 54.6 Å². The topological polar surface area (TPSA) is 44.8 Å². The zero-order valence-electron chi connectivity index (χ0n) is 15.8. The molecule has 4 rings (SSSR count). The summed E-state index contributed by atoms with van der Waals surface area (Å²) in [5.41, 5.74) is 0.711. The van der Waals surface area contributed by atoms with Gasteiger partial charge in [-0.3, -0.25) is 0 Å². The van der Waals surface area contributed by atoms with Crippen LogP contribution in [0.5, 0.6) is 11.5 Å². The number of nitrogens with one attached hydrogen (secondary N) is 1. The van der Waals surface area contributed by atoms with Gasteiger partial charge < -0.3 is 19.9 Å². The SMILES string of the molecule is CCN1CCC2CCC(C1)N2C(=O)Nc1ccccc1Oc1ccccc1. The number of ether oxygens (including phenoxy) is 1. The smallest absolute Gasteiger partial charge is 0.322 e. The maximum absolute atomic E-state index is 13.1. The maximum atomic E-state index is 13.1. The Morgan fingerprint density at radius 3 is 2.59 bits per heavy atom. The van der Waals surface area contributed by atoms with Gasteiger partial charge >= 0.3 is 6.03 Å². The summed E-state index contributed by atoms with van der Waals surface area (Å²) in [4.78, 5) is 17.7. The number of carbonyl (C=O) groups excluding carboxylic acids is 1. The molecular weight excluding hydrogens is 338 g/mol. The summed E-state index contributed by atoms with van der Waals surface area (Å²) in [6.45, 7) is 5.30. The Kier molecular flexibility index (Phi) is 5.30. The zero-order valence-corrected chi connectivity index (χ0v) is 15.8. The van der Waals surface area contributed by atoms with Crippen LogP contribution in [0.3, 0.4) is 0 Å². The van der Waals surface area contributed by atoms with Crippen LogP contribution in [-0.2, 0) is 0 Å². The van der Waals surface area contributed by atoms with Crippen LogP contribution < -0.4 is 10.1 Å². The molecule has 2 aromatic rings. The van der Waals surface area contributed by atoms with Gasteiger partial charge in [-0.15, -0.1) is 0 Å². The van der Waals surface area contributed by atoms with Crippen LogP contribution in [-0.4, -0.2) is 47.5 Å². The van der Waals surface area contributed by atoms with Crippen molar-refractivity contribution in [3.8, 4) is 11.5 Å². The van der Waals surface area contributed by atoms with E-state index < -0.39 is 0 Å². The molecule has 2 bridgehead atoms. The lowest BCUT2D eigenvalue weighted by Gasteiger charge is -2.29. The molecule has 2 aliphatic rings. The molecule has 27 heavy (non-hydrogen) atoms. The molecule has 0 radical (unpaired) electrons. The summed E-state index contributed by atoms with van der Waals surface area (Å²) in [7, 11) is 0. The number of amides is 2. The number of likely N-dealkylation sites (N-methyl/N-ethyl adjacent to an activating group) is 1. The van der Waals surface area contributed by atoms with E-state index in [2.05, 4.69) is 22.0 Å². The third-order valence-corrected chi connectivity index (χ3v) is 5.65. The molecule has 5 heteroatoms. The highest BCUT2D eigenvalue weighted by Gasteiger charge is 2.39. The first-order chi connectivity index (χ1) is 13.2. The first-order valence-electron chi connectivity index (χ1n) is 9.88. The first kappa shape index (κ1) is 17.9. The maximum Gasteiger partial charge on any atom is 0.322 e. The summed E-state index contributed by atoms with van der Waals surface area (Å²) in [6.07, 6.45) is 3.26. The number of fused-ring (bicyclic) bond motifs is 2. The largest absolute Gasteiger partial charge is 0.455 e. The van der Waals surface area contributed by atoms with Gasteiger partial charge in [-0.25, -0.2) is 4.79 Å². The third kappa shape index (κ3) is 3.93. The average molecular weight is 365 g/mol. The lowest BCUT2D eigenvalue weighted by Crippen LogP contribution is -2.45. The van der Waals surface area contributed by atoms with Gasteiger partial charge in [0.1, 0.15) is 5.75 Å². The van der Waals surface area contributed by atoms with Crippen molar-refractivity contribution in [2.24, 2.45) is 0 Å². The number of nitrogens with zero attached hydrogens (tertiary/aromatic N) is 2. The van der Waals surface area contributed by atoms with E-state index in [-0.39, 0.29) is 6.03 Å². The van der Waals surface area contributed by atoms with Crippen molar-refractivity contribution in [1.29, 1.82) is 0 Å². The zero-order chi connectivity index (χ0) is 18.6. The number of carbonyl (C=O) groups is 1. The number of urea groups is 1. The van der Waals surface area contributed by atoms with Crippen LogP contribution in [0.15, 0.2) is 54.6 Å². The Morgan fingerprint density at radius 2 is 1.78 bits per heavy atom. The third-order valence-electron chi connectivity index (χ3n) is 5.65. The summed E-state index contributed by atoms with van der Waals surface area (Å²) in [5, 5.41) is 3.11. The van der Waals surface area contributed by atoms with Gasteiger partial charge in [0.15, 0.2) is 5.75 Å². The van der Waals surface area contributed by atoms with Gasteiger partial charge in [0.25, 0.3) is 0 Å². The van der Waals surface area contributed by atoms with E-state index in [1.165, 1.54) is 0 Å².